The molecule has 1 aromatic heterocycles. The first-order valence-electron chi connectivity index (χ1n) is 7.48. The van der Waals surface area contributed by atoms with Crippen molar-refractivity contribution >= 4 is 17.5 Å². The molecule has 0 fully saturated rings. The minimum Gasteiger partial charge on any atom is -0.488 e. The van der Waals surface area contributed by atoms with Gasteiger partial charge < -0.3 is 10.1 Å². The summed E-state index contributed by atoms with van der Waals surface area (Å²) in [6.07, 6.45) is -5.00. The Morgan fingerprint density at radius 1 is 1.22 bits per heavy atom. The molecule has 146 valence electrons. The molecule has 0 saturated carbocycles. The van der Waals surface area contributed by atoms with Crippen molar-refractivity contribution in [1.82, 2.24) is 15.3 Å². The van der Waals surface area contributed by atoms with Crippen LogP contribution < -0.4 is 10.1 Å². The van der Waals surface area contributed by atoms with E-state index in [4.69, 9.17) is 11.6 Å². The van der Waals surface area contributed by atoms with Crippen LogP contribution in [0.2, 0.25) is 5.15 Å². The van der Waals surface area contributed by atoms with Gasteiger partial charge in [0.25, 0.3) is 12.3 Å². The molecule has 2 aromatic rings. The van der Waals surface area contributed by atoms with E-state index in [0.717, 1.165) is 6.07 Å². The van der Waals surface area contributed by atoms with Gasteiger partial charge in [0.1, 0.15) is 12.4 Å². The Balaban J connectivity index is 2.28. The van der Waals surface area contributed by atoms with E-state index in [-0.39, 0.29) is 10.8 Å². The molecule has 0 aliphatic heterocycles. The Hall–Kier alpha value is -2.49. The number of carbonyl (C=O) groups excluding carboxylic acids is 1. The van der Waals surface area contributed by atoms with Crippen LogP contribution in [0.4, 0.5) is 22.0 Å². The first kappa shape index (κ1) is 20.8. The van der Waals surface area contributed by atoms with Crippen LogP contribution in [0.15, 0.2) is 30.6 Å². The predicted octanol–water partition coefficient (Wildman–Crippen LogP) is 4.28. The minimum absolute atomic E-state index is 0.0234. The van der Waals surface area contributed by atoms with E-state index >= 15 is 0 Å². The summed E-state index contributed by atoms with van der Waals surface area (Å²) >= 11 is 5.87. The summed E-state index contributed by atoms with van der Waals surface area (Å²) in [5.74, 6) is -1.39. The lowest BCUT2D eigenvalue weighted by molar-refractivity contribution is -0.137. The zero-order valence-electron chi connectivity index (χ0n) is 13.7. The number of halogens is 6. The Kier molecular flexibility index (Phi) is 6.53. The number of amides is 1. The van der Waals surface area contributed by atoms with Gasteiger partial charge >= 0.3 is 6.18 Å². The van der Waals surface area contributed by atoms with Crippen LogP contribution in [-0.4, -0.2) is 28.9 Å². The van der Waals surface area contributed by atoms with Crippen molar-refractivity contribution in [3.05, 3.63) is 52.6 Å². The number of nitrogens with zero attached hydrogens (tertiary/aromatic N) is 2. The van der Waals surface area contributed by atoms with E-state index in [9.17, 15) is 26.7 Å². The zero-order chi connectivity index (χ0) is 20.2. The number of carbonyl (C=O) groups is 1. The van der Waals surface area contributed by atoms with Crippen LogP contribution in [0, 0.1) is 0 Å². The van der Waals surface area contributed by atoms with Crippen molar-refractivity contribution in [1.29, 1.82) is 0 Å². The topological polar surface area (TPSA) is 64.1 Å². The molecule has 27 heavy (non-hydrogen) atoms. The molecule has 0 aliphatic rings. The van der Waals surface area contributed by atoms with E-state index in [0.29, 0.717) is 12.1 Å². The predicted molar refractivity (Wildman–Crippen MR) is 85.9 cm³/mol. The molecule has 1 unspecified atom stereocenters. The summed E-state index contributed by atoms with van der Waals surface area (Å²) < 4.78 is 68.2. The van der Waals surface area contributed by atoms with E-state index in [1.54, 1.807) is 0 Å². The van der Waals surface area contributed by atoms with E-state index in [1.165, 1.54) is 19.3 Å². The van der Waals surface area contributed by atoms with Gasteiger partial charge in [-0.2, -0.15) is 13.2 Å². The molecule has 0 spiro atoms. The molecule has 2 rings (SSSR count). The van der Waals surface area contributed by atoms with E-state index in [1.807, 2.05) is 0 Å². The average molecular weight is 410 g/mol. The minimum atomic E-state index is -4.79. The van der Waals surface area contributed by atoms with Crippen LogP contribution in [0.3, 0.4) is 0 Å². The van der Waals surface area contributed by atoms with Crippen LogP contribution in [-0.2, 0) is 6.18 Å². The SMILES string of the molecule is CC(NC(=O)c1cc(OCC(F)F)cc(C(F)(F)F)c1)c1nccnc1Cl. The zero-order valence-corrected chi connectivity index (χ0v) is 14.5. The number of benzene rings is 1. The maximum absolute atomic E-state index is 13.0. The maximum Gasteiger partial charge on any atom is 0.416 e. The van der Waals surface area contributed by atoms with Crippen molar-refractivity contribution < 1.29 is 31.5 Å². The fraction of sp³-hybridized carbons (Fsp3) is 0.312. The lowest BCUT2D eigenvalue weighted by Crippen LogP contribution is -2.28. The van der Waals surface area contributed by atoms with Gasteiger partial charge in [0.15, 0.2) is 5.15 Å². The summed E-state index contributed by atoms with van der Waals surface area (Å²) in [7, 11) is 0. The molecule has 0 aliphatic carbocycles. The Morgan fingerprint density at radius 2 is 1.89 bits per heavy atom. The van der Waals surface area contributed by atoms with Gasteiger partial charge in [-0.05, 0) is 25.1 Å². The second kappa shape index (κ2) is 8.47. The summed E-state index contributed by atoms with van der Waals surface area (Å²) in [4.78, 5) is 20.1. The third-order valence-corrected chi connectivity index (χ3v) is 3.60. The van der Waals surface area contributed by atoms with Crippen molar-refractivity contribution in [2.24, 2.45) is 0 Å². The van der Waals surface area contributed by atoms with Crippen molar-refractivity contribution in [2.75, 3.05) is 6.61 Å². The fourth-order valence-electron chi connectivity index (χ4n) is 2.11. The molecule has 0 radical (unpaired) electrons. The summed E-state index contributed by atoms with van der Waals surface area (Å²) in [5.41, 5.74) is -1.40. The van der Waals surface area contributed by atoms with Crippen LogP contribution >= 0.6 is 11.6 Å². The van der Waals surface area contributed by atoms with E-state index in [2.05, 4.69) is 20.0 Å². The van der Waals surface area contributed by atoms with Crippen molar-refractivity contribution in [3.63, 3.8) is 0 Å². The van der Waals surface area contributed by atoms with Gasteiger partial charge in [-0.25, -0.2) is 13.8 Å². The molecular weight excluding hydrogens is 397 g/mol. The van der Waals surface area contributed by atoms with Crippen molar-refractivity contribution in [2.45, 2.75) is 25.6 Å². The summed E-state index contributed by atoms with van der Waals surface area (Å²) in [6, 6.07) is 1.31. The highest BCUT2D eigenvalue weighted by atomic mass is 35.5. The smallest absolute Gasteiger partial charge is 0.416 e. The lowest BCUT2D eigenvalue weighted by atomic mass is 10.1. The molecule has 1 heterocycles. The highest BCUT2D eigenvalue weighted by Crippen LogP contribution is 2.33. The highest BCUT2D eigenvalue weighted by molar-refractivity contribution is 6.30. The maximum atomic E-state index is 13.0. The number of rotatable bonds is 6. The summed E-state index contributed by atoms with van der Waals surface area (Å²) in [6.45, 7) is 0.406. The average Bonchev–Trinajstić information content (AvgIpc) is 2.59. The molecule has 1 aromatic carbocycles. The number of hydrogen-bond donors (Lipinski definition) is 1. The van der Waals surface area contributed by atoms with E-state index < -0.39 is 48.0 Å². The standard InChI is InChI=1S/C16H13ClF5N3O2/c1-8(13-14(17)24-3-2-23-13)25-15(26)9-4-10(16(20,21)22)6-11(5-9)27-7-12(18)19/h2-6,8,12H,7H2,1H3,(H,25,26). The first-order chi connectivity index (χ1) is 12.6. The Morgan fingerprint density at radius 3 is 2.48 bits per heavy atom. The number of ether oxygens (including phenoxy) is 1. The van der Waals surface area contributed by atoms with Crippen LogP contribution in [0.5, 0.6) is 5.75 Å². The van der Waals surface area contributed by atoms with Gasteiger partial charge in [0, 0.05) is 18.0 Å². The third kappa shape index (κ3) is 5.75. The first-order valence-corrected chi connectivity index (χ1v) is 7.86. The number of aromatic nitrogens is 2. The molecule has 1 N–H and O–H groups in total. The molecule has 1 atom stereocenters. The van der Waals surface area contributed by atoms with Crippen molar-refractivity contribution in [3.8, 4) is 5.75 Å². The van der Waals surface area contributed by atoms with Crippen LogP contribution in [0.1, 0.15) is 34.6 Å². The monoisotopic (exact) mass is 409 g/mol. The molecule has 1 amide bonds. The molecule has 0 saturated heterocycles. The normalized spacial score (nSPS) is 12.7. The Labute approximate surface area is 155 Å². The molecule has 0 bridgehead atoms. The molecule has 5 nitrogen and oxygen atoms in total. The Bertz CT molecular complexity index is 817. The lowest BCUT2D eigenvalue weighted by Gasteiger charge is -2.16. The number of nitrogens with one attached hydrogen (secondary N) is 1. The second-order valence-electron chi connectivity index (χ2n) is 5.37. The number of hydrogen-bond acceptors (Lipinski definition) is 4. The molecule has 11 heteroatoms. The highest BCUT2D eigenvalue weighted by Gasteiger charge is 2.32. The van der Waals surface area contributed by atoms with Gasteiger partial charge in [0.05, 0.1) is 17.3 Å². The third-order valence-electron chi connectivity index (χ3n) is 3.31. The fourth-order valence-corrected chi connectivity index (χ4v) is 2.38. The number of alkyl halides is 5. The van der Waals surface area contributed by atoms with Gasteiger partial charge in [-0.3, -0.25) is 9.78 Å². The van der Waals surface area contributed by atoms with Crippen LogP contribution in [0.25, 0.3) is 0 Å². The molecular formula is C16H13ClF5N3O2. The largest absolute Gasteiger partial charge is 0.488 e. The van der Waals surface area contributed by atoms with Gasteiger partial charge in [-0.1, -0.05) is 11.6 Å². The quantitative estimate of drug-likeness (QED) is 0.723. The summed E-state index contributed by atoms with van der Waals surface area (Å²) in [5, 5.41) is 2.45. The van der Waals surface area contributed by atoms with Gasteiger partial charge in [-0.15, -0.1) is 0 Å². The van der Waals surface area contributed by atoms with Gasteiger partial charge in [0.2, 0.25) is 0 Å². The second-order valence-corrected chi connectivity index (χ2v) is 5.73.